The van der Waals surface area contributed by atoms with Gasteiger partial charge >= 0.3 is 5.97 Å². The molecule has 6 heteroatoms. The molecule has 0 N–H and O–H groups in total. The Morgan fingerprint density at radius 1 is 1.00 bits per heavy atom. The highest BCUT2D eigenvalue weighted by Crippen LogP contribution is 2.31. The van der Waals surface area contributed by atoms with Crippen LogP contribution in [0.1, 0.15) is 16.7 Å². The predicted molar refractivity (Wildman–Crippen MR) is 116 cm³/mol. The summed E-state index contributed by atoms with van der Waals surface area (Å²) in [5.41, 5.74) is 2.58. The van der Waals surface area contributed by atoms with Crippen LogP contribution in [0.2, 0.25) is 5.02 Å². The van der Waals surface area contributed by atoms with Crippen LogP contribution in [-0.4, -0.2) is 19.0 Å². The molecule has 5 nitrogen and oxygen atoms in total. The van der Waals surface area contributed by atoms with Gasteiger partial charge in [-0.1, -0.05) is 54.1 Å². The number of halogens is 1. The third-order valence-electron chi connectivity index (χ3n) is 4.47. The van der Waals surface area contributed by atoms with Crippen molar-refractivity contribution < 1.29 is 19.0 Å². The van der Waals surface area contributed by atoms with Gasteiger partial charge < -0.3 is 14.2 Å². The van der Waals surface area contributed by atoms with E-state index in [2.05, 4.69) is 4.99 Å². The van der Waals surface area contributed by atoms with Crippen molar-refractivity contribution in [3.8, 4) is 11.5 Å². The van der Waals surface area contributed by atoms with E-state index >= 15 is 0 Å². The van der Waals surface area contributed by atoms with Gasteiger partial charge in [0.05, 0.1) is 7.11 Å². The second kappa shape index (κ2) is 8.84. The molecular formula is C24H18ClNO4. The second-order valence-electron chi connectivity index (χ2n) is 6.49. The van der Waals surface area contributed by atoms with Gasteiger partial charge in [-0.25, -0.2) is 9.79 Å². The summed E-state index contributed by atoms with van der Waals surface area (Å²) >= 11 is 6.18. The number of carbonyl (C=O) groups is 1. The van der Waals surface area contributed by atoms with Crippen molar-refractivity contribution in [2.75, 3.05) is 7.11 Å². The van der Waals surface area contributed by atoms with Crippen molar-refractivity contribution in [2.45, 2.75) is 6.61 Å². The van der Waals surface area contributed by atoms with E-state index in [9.17, 15) is 4.79 Å². The Hall–Kier alpha value is -3.57. The Balaban J connectivity index is 1.55. The van der Waals surface area contributed by atoms with E-state index in [0.717, 1.165) is 16.7 Å². The van der Waals surface area contributed by atoms with Crippen LogP contribution in [0.5, 0.6) is 11.5 Å². The van der Waals surface area contributed by atoms with Crippen molar-refractivity contribution in [1.29, 1.82) is 0 Å². The monoisotopic (exact) mass is 419 g/mol. The molecule has 0 spiro atoms. The number of hydrogen-bond donors (Lipinski definition) is 0. The molecule has 0 fully saturated rings. The highest BCUT2D eigenvalue weighted by atomic mass is 35.5. The first kappa shape index (κ1) is 19.7. The molecule has 0 unspecified atom stereocenters. The van der Waals surface area contributed by atoms with E-state index < -0.39 is 5.97 Å². The van der Waals surface area contributed by atoms with Crippen LogP contribution in [0.15, 0.2) is 83.5 Å². The SMILES string of the molecule is COc1cc(/C=C2/N=C(c3ccccc3)OC2=O)ccc1OCc1ccccc1Cl. The molecule has 1 aliphatic rings. The Labute approximate surface area is 179 Å². The normalized spacial score (nSPS) is 14.4. The van der Waals surface area contributed by atoms with Gasteiger partial charge in [-0.3, -0.25) is 0 Å². The number of ether oxygens (including phenoxy) is 3. The number of benzene rings is 3. The molecule has 0 radical (unpaired) electrons. The summed E-state index contributed by atoms with van der Waals surface area (Å²) in [6.45, 7) is 0.313. The Bertz CT molecular complexity index is 1140. The summed E-state index contributed by atoms with van der Waals surface area (Å²) in [7, 11) is 1.56. The largest absolute Gasteiger partial charge is 0.493 e. The third kappa shape index (κ3) is 4.36. The molecule has 3 aromatic carbocycles. The van der Waals surface area contributed by atoms with Crippen LogP contribution in [-0.2, 0) is 16.1 Å². The quantitative estimate of drug-likeness (QED) is 0.403. The van der Waals surface area contributed by atoms with Crippen LogP contribution >= 0.6 is 11.6 Å². The molecule has 0 bridgehead atoms. The standard InChI is InChI=1S/C24H18ClNO4/c1-28-22-14-16(11-12-21(22)29-15-18-9-5-6-10-19(18)25)13-20-24(27)30-23(26-20)17-7-3-2-4-8-17/h2-14H,15H2,1H3/b20-13+. The maximum Gasteiger partial charge on any atom is 0.363 e. The van der Waals surface area contributed by atoms with Gasteiger partial charge in [0.15, 0.2) is 17.2 Å². The van der Waals surface area contributed by atoms with Crippen LogP contribution in [0, 0.1) is 0 Å². The fourth-order valence-corrected chi connectivity index (χ4v) is 3.13. The average Bonchev–Trinajstić information content (AvgIpc) is 3.14. The van der Waals surface area contributed by atoms with Gasteiger partial charge in [-0.05, 0) is 42.0 Å². The minimum absolute atomic E-state index is 0.223. The number of hydrogen-bond acceptors (Lipinski definition) is 5. The number of aliphatic imine (C=N–C) groups is 1. The lowest BCUT2D eigenvalue weighted by atomic mass is 10.1. The van der Waals surface area contributed by atoms with Crippen molar-refractivity contribution in [2.24, 2.45) is 4.99 Å². The number of nitrogens with zero attached hydrogens (tertiary/aromatic N) is 1. The lowest BCUT2D eigenvalue weighted by Crippen LogP contribution is -2.04. The lowest BCUT2D eigenvalue weighted by Gasteiger charge is -2.12. The predicted octanol–water partition coefficient (Wildman–Crippen LogP) is 5.27. The maximum absolute atomic E-state index is 12.2. The molecule has 4 rings (SSSR count). The van der Waals surface area contributed by atoms with Gasteiger partial charge in [0, 0.05) is 16.1 Å². The zero-order valence-corrected chi connectivity index (χ0v) is 16.9. The van der Waals surface area contributed by atoms with E-state index in [1.807, 2.05) is 60.7 Å². The summed E-state index contributed by atoms with van der Waals surface area (Å²) in [6, 6.07) is 22.2. The van der Waals surface area contributed by atoms with E-state index in [0.29, 0.717) is 29.0 Å². The Morgan fingerprint density at radius 3 is 2.53 bits per heavy atom. The molecule has 0 saturated carbocycles. The summed E-state index contributed by atoms with van der Waals surface area (Å²) in [5.74, 6) is 0.905. The Kier molecular flexibility index (Phi) is 5.82. The van der Waals surface area contributed by atoms with Gasteiger partial charge in [-0.15, -0.1) is 0 Å². The van der Waals surface area contributed by atoms with E-state index in [4.69, 9.17) is 25.8 Å². The van der Waals surface area contributed by atoms with Crippen molar-refractivity contribution in [3.63, 3.8) is 0 Å². The molecule has 0 amide bonds. The molecule has 1 heterocycles. The molecule has 1 aliphatic heterocycles. The minimum Gasteiger partial charge on any atom is -0.493 e. The summed E-state index contributed by atoms with van der Waals surface area (Å²) in [5, 5.41) is 0.643. The van der Waals surface area contributed by atoms with Crippen LogP contribution < -0.4 is 9.47 Å². The summed E-state index contributed by atoms with van der Waals surface area (Å²) in [6.07, 6.45) is 1.65. The summed E-state index contributed by atoms with van der Waals surface area (Å²) in [4.78, 5) is 16.5. The molecular weight excluding hydrogens is 402 g/mol. The maximum atomic E-state index is 12.2. The van der Waals surface area contributed by atoms with Gasteiger partial charge in [-0.2, -0.15) is 0 Å². The third-order valence-corrected chi connectivity index (χ3v) is 4.84. The first-order chi connectivity index (χ1) is 14.6. The molecule has 150 valence electrons. The number of esters is 1. The van der Waals surface area contributed by atoms with Gasteiger partial charge in [0.25, 0.3) is 0 Å². The van der Waals surface area contributed by atoms with Crippen molar-refractivity contribution in [1.82, 2.24) is 0 Å². The van der Waals surface area contributed by atoms with Crippen molar-refractivity contribution in [3.05, 3.63) is 100 Å². The summed E-state index contributed by atoms with van der Waals surface area (Å²) < 4.78 is 16.6. The highest BCUT2D eigenvalue weighted by Gasteiger charge is 2.24. The number of rotatable bonds is 6. The molecule has 30 heavy (non-hydrogen) atoms. The zero-order valence-electron chi connectivity index (χ0n) is 16.2. The minimum atomic E-state index is -0.494. The molecule has 0 aromatic heterocycles. The number of methoxy groups -OCH3 is 1. The average molecular weight is 420 g/mol. The Morgan fingerprint density at radius 2 is 1.77 bits per heavy atom. The molecule has 0 saturated heterocycles. The molecule has 0 aliphatic carbocycles. The van der Waals surface area contributed by atoms with Crippen molar-refractivity contribution >= 4 is 29.5 Å². The van der Waals surface area contributed by atoms with E-state index in [-0.39, 0.29) is 5.70 Å². The van der Waals surface area contributed by atoms with E-state index in [1.165, 1.54) is 0 Å². The zero-order chi connectivity index (χ0) is 20.9. The fraction of sp³-hybridized carbons (Fsp3) is 0.0833. The van der Waals surface area contributed by atoms with Crippen LogP contribution in [0.4, 0.5) is 0 Å². The highest BCUT2D eigenvalue weighted by molar-refractivity contribution is 6.31. The topological polar surface area (TPSA) is 57.1 Å². The van der Waals surface area contributed by atoms with Crippen LogP contribution in [0.3, 0.4) is 0 Å². The lowest BCUT2D eigenvalue weighted by molar-refractivity contribution is -0.129. The van der Waals surface area contributed by atoms with Crippen LogP contribution in [0.25, 0.3) is 6.08 Å². The molecule has 0 atom stereocenters. The van der Waals surface area contributed by atoms with Gasteiger partial charge in [0.1, 0.15) is 6.61 Å². The molecule has 3 aromatic rings. The van der Waals surface area contributed by atoms with E-state index in [1.54, 1.807) is 25.3 Å². The first-order valence-electron chi connectivity index (χ1n) is 9.26. The second-order valence-corrected chi connectivity index (χ2v) is 6.90. The number of cyclic esters (lactones) is 1. The fourth-order valence-electron chi connectivity index (χ4n) is 2.94. The first-order valence-corrected chi connectivity index (χ1v) is 9.64. The number of carbonyl (C=O) groups excluding carboxylic acids is 1. The smallest absolute Gasteiger partial charge is 0.363 e. The van der Waals surface area contributed by atoms with Gasteiger partial charge in [0.2, 0.25) is 5.90 Å².